The van der Waals surface area contributed by atoms with Gasteiger partial charge in [-0.3, -0.25) is 4.79 Å². The lowest BCUT2D eigenvalue weighted by Gasteiger charge is -2.27. The molecule has 0 spiro atoms. The van der Waals surface area contributed by atoms with Crippen molar-refractivity contribution < 1.29 is 5.11 Å². The van der Waals surface area contributed by atoms with Crippen LogP contribution in [0.1, 0.15) is 22.9 Å². The summed E-state index contributed by atoms with van der Waals surface area (Å²) in [6.07, 6.45) is 0. The number of nitrogens with one attached hydrogen (secondary N) is 2. The summed E-state index contributed by atoms with van der Waals surface area (Å²) < 4.78 is 1.56. The number of tetrazole rings is 1. The smallest absolute Gasteiger partial charge is 0.288 e. The fraction of sp³-hybridized carbons (Fsp3) is 0.154. The largest absolute Gasteiger partial charge is 0.508 e. The predicted octanol–water partition coefficient (Wildman–Crippen LogP) is 0.465. The minimum atomic E-state index is -0.442. The first-order chi connectivity index (χ1) is 10.6. The van der Waals surface area contributed by atoms with Crippen LogP contribution in [0.15, 0.2) is 29.1 Å². The van der Waals surface area contributed by atoms with Crippen molar-refractivity contribution in [2.75, 3.05) is 5.32 Å². The standard InChI is InChI=1S/C13H11N7O2/c1-6-9-10(12(22)16-15-6)14-13-17-18-19-20(13)11(9)7-3-2-4-8(21)5-7/h2-5,11,21H,1H3,(H,16,22)(H,14,17,19)/t11-/m1/s1. The lowest BCUT2D eigenvalue weighted by atomic mass is 9.95. The van der Waals surface area contributed by atoms with Gasteiger partial charge in [0.15, 0.2) is 0 Å². The van der Waals surface area contributed by atoms with Crippen LogP contribution >= 0.6 is 0 Å². The molecular weight excluding hydrogens is 286 g/mol. The Morgan fingerprint density at radius 1 is 1.36 bits per heavy atom. The number of aromatic hydroxyl groups is 1. The van der Waals surface area contributed by atoms with Gasteiger partial charge in [-0.25, -0.2) is 5.10 Å². The molecule has 0 fully saturated rings. The fourth-order valence-corrected chi connectivity index (χ4v) is 2.70. The predicted molar refractivity (Wildman–Crippen MR) is 76.0 cm³/mol. The second kappa shape index (κ2) is 4.38. The molecule has 0 bridgehead atoms. The molecule has 0 radical (unpaired) electrons. The van der Waals surface area contributed by atoms with E-state index in [1.165, 1.54) is 0 Å². The van der Waals surface area contributed by atoms with Gasteiger partial charge in [0.1, 0.15) is 17.5 Å². The molecule has 3 aromatic rings. The lowest BCUT2D eigenvalue weighted by molar-refractivity contribution is 0.472. The van der Waals surface area contributed by atoms with Gasteiger partial charge < -0.3 is 10.4 Å². The highest BCUT2D eigenvalue weighted by Crippen LogP contribution is 2.38. The van der Waals surface area contributed by atoms with Crippen molar-refractivity contribution in [1.29, 1.82) is 0 Å². The zero-order chi connectivity index (χ0) is 15.3. The van der Waals surface area contributed by atoms with Gasteiger partial charge in [0.2, 0.25) is 5.95 Å². The highest BCUT2D eigenvalue weighted by molar-refractivity contribution is 5.64. The molecule has 1 aromatic carbocycles. The van der Waals surface area contributed by atoms with Gasteiger partial charge in [0.05, 0.1) is 5.69 Å². The van der Waals surface area contributed by atoms with Crippen molar-refractivity contribution in [2.24, 2.45) is 0 Å². The zero-order valence-electron chi connectivity index (χ0n) is 11.5. The Bertz CT molecular complexity index is 930. The molecule has 3 N–H and O–H groups in total. The minimum absolute atomic E-state index is 0.127. The SMILES string of the molecule is Cc1n[nH]c(=O)c2c1[C@@H](c1cccc(O)c1)n1nnnc1N2. The number of aryl methyl sites for hydroxylation is 1. The normalized spacial score (nSPS) is 15.8. The molecular formula is C13H11N7O2. The van der Waals surface area contributed by atoms with Gasteiger partial charge in [0, 0.05) is 5.56 Å². The van der Waals surface area contributed by atoms with Crippen LogP contribution in [0.3, 0.4) is 0 Å². The number of nitrogens with zero attached hydrogens (tertiary/aromatic N) is 5. The van der Waals surface area contributed by atoms with E-state index in [0.29, 0.717) is 22.9 Å². The Hall–Kier alpha value is -3.23. The van der Waals surface area contributed by atoms with Crippen LogP contribution in [0.25, 0.3) is 0 Å². The van der Waals surface area contributed by atoms with Crippen LogP contribution in [0, 0.1) is 6.92 Å². The number of benzene rings is 1. The average molecular weight is 297 g/mol. The molecule has 3 heterocycles. The first-order valence-corrected chi connectivity index (χ1v) is 6.58. The highest BCUT2D eigenvalue weighted by Gasteiger charge is 2.32. The van der Waals surface area contributed by atoms with E-state index >= 15 is 0 Å². The lowest BCUT2D eigenvalue weighted by Crippen LogP contribution is -2.29. The Kier molecular flexibility index (Phi) is 2.49. The minimum Gasteiger partial charge on any atom is -0.508 e. The Morgan fingerprint density at radius 2 is 2.23 bits per heavy atom. The molecule has 110 valence electrons. The first kappa shape index (κ1) is 12.5. The Balaban J connectivity index is 2.04. The molecule has 0 amide bonds. The molecule has 0 unspecified atom stereocenters. The summed E-state index contributed by atoms with van der Waals surface area (Å²) in [6, 6.07) is 6.32. The Morgan fingerprint density at radius 3 is 3.05 bits per heavy atom. The van der Waals surface area contributed by atoms with Crippen LogP contribution < -0.4 is 10.9 Å². The van der Waals surface area contributed by atoms with E-state index in [-0.39, 0.29) is 11.3 Å². The number of aromatic nitrogens is 6. The number of hydrogen-bond donors (Lipinski definition) is 3. The van der Waals surface area contributed by atoms with Gasteiger partial charge in [-0.1, -0.05) is 17.2 Å². The van der Waals surface area contributed by atoms with Crippen LogP contribution in [-0.4, -0.2) is 35.5 Å². The van der Waals surface area contributed by atoms with Gasteiger partial charge in [-0.15, -0.1) is 0 Å². The van der Waals surface area contributed by atoms with Crippen LogP contribution in [0.5, 0.6) is 5.75 Å². The third kappa shape index (κ3) is 1.68. The molecule has 1 atom stereocenters. The van der Waals surface area contributed by atoms with Crippen molar-refractivity contribution in [3.05, 3.63) is 51.4 Å². The Labute approximate surface area is 123 Å². The van der Waals surface area contributed by atoms with Crippen molar-refractivity contribution in [2.45, 2.75) is 13.0 Å². The van der Waals surface area contributed by atoms with Crippen LogP contribution in [0.2, 0.25) is 0 Å². The average Bonchev–Trinajstić information content (AvgIpc) is 2.97. The number of phenols is 1. The first-order valence-electron chi connectivity index (χ1n) is 6.58. The summed E-state index contributed by atoms with van der Waals surface area (Å²) in [4.78, 5) is 12.1. The summed E-state index contributed by atoms with van der Waals surface area (Å²) in [5, 5.41) is 30.7. The maximum absolute atomic E-state index is 12.1. The fourth-order valence-electron chi connectivity index (χ4n) is 2.70. The molecule has 1 aliphatic heterocycles. The number of hydrogen-bond acceptors (Lipinski definition) is 7. The molecule has 0 aliphatic carbocycles. The van der Waals surface area contributed by atoms with Crippen molar-refractivity contribution >= 4 is 11.6 Å². The molecule has 22 heavy (non-hydrogen) atoms. The molecule has 0 saturated carbocycles. The van der Waals surface area contributed by atoms with Gasteiger partial charge in [-0.05, 0) is 35.0 Å². The van der Waals surface area contributed by atoms with E-state index in [1.54, 1.807) is 29.8 Å². The maximum atomic E-state index is 12.1. The third-order valence-electron chi connectivity index (χ3n) is 3.64. The van der Waals surface area contributed by atoms with E-state index in [9.17, 15) is 9.90 Å². The third-order valence-corrected chi connectivity index (χ3v) is 3.64. The van der Waals surface area contributed by atoms with E-state index in [2.05, 4.69) is 31.0 Å². The van der Waals surface area contributed by atoms with Crippen molar-refractivity contribution in [1.82, 2.24) is 30.4 Å². The van der Waals surface area contributed by atoms with Crippen molar-refractivity contribution in [3.63, 3.8) is 0 Å². The summed E-state index contributed by atoms with van der Waals surface area (Å²) >= 11 is 0. The number of H-pyrrole nitrogens is 1. The van der Waals surface area contributed by atoms with E-state index in [0.717, 1.165) is 5.56 Å². The van der Waals surface area contributed by atoms with E-state index in [1.807, 2.05) is 6.07 Å². The number of aromatic amines is 1. The van der Waals surface area contributed by atoms with E-state index in [4.69, 9.17) is 0 Å². The number of phenolic OH excluding ortho intramolecular Hbond substituents is 1. The molecule has 2 aromatic heterocycles. The highest BCUT2D eigenvalue weighted by atomic mass is 16.3. The van der Waals surface area contributed by atoms with Crippen molar-refractivity contribution in [3.8, 4) is 5.75 Å². The molecule has 4 rings (SSSR count). The molecule has 9 heteroatoms. The molecule has 9 nitrogen and oxygen atoms in total. The van der Waals surface area contributed by atoms with Crippen LogP contribution in [0.4, 0.5) is 11.6 Å². The maximum Gasteiger partial charge on any atom is 0.288 e. The number of fused-ring (bicyclic) bond motifs is 2. The number of rotatable bonds is 1. The number of anilines is 2. The second-order valence-electron chi connectivity index (χ2n) is 5.00. The molecule has 1 aliphatic rings. The molecule has 0 saturated heterocycles. The monoisotopic (exact) mass is 297 g/mol. The summed E-state index contributed by atoms with van der Waals surface area (Å²) in [5.41, 5.74) is 2.10. The summed E-state index contributed by atoms with van der Waals surface area (Å²) in [6.45, 7) is 1.79. The quantitative estimate of drug-likeness (QED) is 0.466. The zero-order valence-corrected chi connectivity index (χ0v) is 11.5. The topological polar surface area (TPSA) is 122 Å². The summed E-state index contributed by atoms with van der Waals surface area (Å²) in [7, 11) is 0. The van der Waals surface area contributed by atoms with Gasteiger partial charge >= 0.3 is 0 Å². The summed E-state index contributed by atoms with van der Waals surface area (Å²) in [5.74, 6) is 0.486. The second-order valence-corrected chi connectivity index (χ2v) is 5.00. The van der Waals surface area contributed by atoms with Gasteiger partial charge in [-0.2, -0.15) is 9.78 Å². The van der Waals surface area contributed by atoms with Crippen LogP contribution in [-0.2, 0) is 0 Å². The van der Waals surface area contributed by atoms with Gasteiger partial charge in [0.25, 0.3) is 5.56 Å². The van der Waals surface area contributed by atoms with E-state index < -0.39 is 6.04 Å².